The van der Waals surface area contributed by atoms with Gasteiger partial charge < -0.3 is 10.1 Å². The number of rotatable bonds is 7. The number of nitrogens with one attached hydrogen (secondary N) is 1. The molecule has 0 radical (unpaired) electrons. The summed E-state index contributed by atoms with van der Waals surface area (Å²) in [4.78, 5) is 11.9. The van der Waals surface area contributed by atoms with E-state index in [9.17, 15) is 17.6 Å². The second-order valence-electron chi connectivity index (χ2n) is 5.62. The monoisotopic (exact) mass is 378 g/mol. The molecule has 2 rings (SSSR count). The van der Waals surface area contributed by atoms with Crippen LogP contribution in [0.4, 0.5) is 10.1 Å². The van der Waals surface area contributed by atoms with Crippen LogP contribution in [-0.4, -0.2) is 46.4 Å². The minimum absolute atomic E-state index is 0.0191. The lowest BCUT2D eigenvalue weighted by Gasteiger charge is -2.22. The fourth-order valence-electron chi connectivity index (χ4n) is 2.45. The molecule has 0 bridgehead atoms. The Morgan fingerprint density at radius 2 is 2.25 bits per heavy atom. The van der Waals surface area contributed by atoms with Gasteiger partial charge >= 0.3 is 0 Å². The van der Waals surface area contributed by atoms with E-state index >= 15 is 0 Å². The van der Waals surface area contributed by atoms with E-state index in [0.29, 0.717) is 13.2 Å². The Kier molecular flexibility index (Phi) is 6.42. The van der Waals surface area contributed by atoms with Crippen LogP contribution in [0.15, 0.2) is 18.2 Å². The molecule has 1 fully saturated rings. The lowest BCUT2D eigenvalue weighted by molar-refractivity contribution is -0.121. The molecule has 0 aromatic heterocycles. The molecule has 1 unspecified atom stereocenters. The highest BCUT2D eigenvalue weighted by Crippen LogP contribution is 2.24. The summed E-state index contributed by atoms with van der Waals surface area (Å²) in [5, 5.41) is 2.56. The second-order valence-corrected chi connectivity index (χ2v) is 7.94. The smallest absolute Gasteiger partial charge is 0.232 e. The number of sulfonamides is 1. The first-order chi connectivity index (χ1) is 11.3. The van der Waals surface area contributed by atoms with Crippen LogP contribution in [0.5, 0.6) is 0 Å². The van der Waals surface area contributed by atoms with E-state index < -0.39 is 15.8 Å². The SMILES string of the molecule is CS(=O)(=O)N(CCC(=O)NCC1CCCO1)c1ccc(F)c(Cl)c1. The Bertz CT molecular complexity index is 693. The number of carbonyl (C=O) groups is 1. The number of halogens is 2. The Morgan fingerprint density at radius 1 is 1.50 bits per heavy atom. The predicted octanol–water partition coefficient (Wildman–Crippen LogP) is 1.93. The molecule has 1 atom stereocenters. The van der Waals surface area contributed by atoms with Gasteiger partial charge in [-0.2, -0.15) is 0 Å². The number of hydrogen-bond acceptors (Lipinski definition) is 4. The summed E-state index contributed by atoms with van der Waals surface area (Å²) in [7, 11) is -3.63. The van der Waals surface area contributed by atoms with Gasteiger partial charge in [-0.3, -0.25) is 9.10 Å². The number of anilines is 1. The molecule has 1 aromatic rings. The largest absolute Gasteiger partial charge is 0.376 e. The summed E-state index contributed by atoms with van der Waals surface area (Å²) >= 11 is 5.70. The zero-order chi connectivity index (χ0) is 17.7. The number of ether oxygens (including phenoxy) is 1. The Balaban J connectivity index is 1.96. The molecular weight excluding hydrogens is 359 g/mol. The zero-order valence-electron chi connectivity index (χ0n) is 13.3. The van der Waals surface area contributed by atoms with Crippen LogP contribution in [-0.2, 0) is 19.6 Å². The van der Waals surface area contributed by atoms with Crippen molar-refractivity contribution in [2.45, 2.75) is 25.4 Å². The van der Waals surface area contributed by atoms with Crippen molar-refractivity contribution in [3.05, 3.63) is 29.0 Å². The highest BCUT2D eigenvalue weighted by molar-refractivity contribution is 7.92. The van der Waals surface area contributed by atoms with Gasteiger partial charge in [-0.15, -0.1) is 0 Å². The average Bonchev–Trinajstić information content (AvgIpc) is 3.01. The third kappa shape index (κ3) is 5.32. The Morgan fingerprint density at radius 3 is 2.83 bits per heavy atom. The van der Waals surface area contributed by atoms with Crippen LogP contribution >= 0.6 is 11.6 Å². The molecule has 1 amide bonds. The third-order valence-corrected chi connectivity index (χ3v) is 5.17. The van der Waals surface area contributed by atoms with E-state index in [4.69, 9.17) is 16.3 Å². The second kappa shape index (κ2) is 8.13. The molecule has 1 aliphatic rings. The number of benzene rings is 1. The number of amides is 1. The summed E-state index contributed by atoms with van der Waals surface area (Å²) in [6.07, 6.45) is 2.91. The van der Waals surface area contributed by atoms with Crippen molar-refractivity contribution >= 4 is 33.2 Å². The molecule has 1 N–H and O–H groups in total. The maximum absolute atomic E-state index is 13.2. The van der Waals surface area contributed by atoms with E-state index in [1.807, 2.05) is 0 Å². The average molecular weight is 379 g/mol. The molecule has 1 aromatic carbocycles. The molecule has 24 heavy (non-hydrogen) atoms. The summed E-state index contributed by atoms with van der Waals surface area (Å²) in [5.41, 5.74) is 0.218. The summed E-state index contributed by atoms with van der Waals surface area (Å²) < 4.78 is 43.6. The van der Waals surface area contributed by atoms with Crippen molar-refractivity contribution < 1.29 is 22.3 Å². The van der Waals surface area contributed by atoms with E-state index in [1.54, 1.807) is 0 Å². The van der Waals surface area contributed by atoms with Gasteiger partial charge in [0, 0.05) is 26.1 Å². The zero-order valence-corrected chi connectivity index (χ0v) is 14.9. The first kappa shape index (κ1) is 19.0. The van der Waals surface area contributed by atoms with Gasteiger partial charge in [-0.05, 0) is 31.0 Å². The lowest BCUT2D eigenvalue weighted by atomic mass is 10.2. The van der Waals surface area contributed by atoms with Gasteiger partial charge in [-0.1, -0.05) is 11.6 Å². The quantitative estimate of drug-likeness (QED) is 0.786. The molecule has 9 heteroatoms. The van der Waals surface area contributed by atoms with Gasteiger partial charge in [0.05, 0.1) is 23.1 Å². The van der Waals surface area contributed by atoms with Crippen LogP contribution < -0.4 is 9.62 Å². The Hall–Kier alpha value is -1.38. The third-order valence-electron chi connectivity index (χ3n) is 3.68. The number of nitrogens with zero attached hydrogens (tertiary/aromatic N) is 1. The molecule has 0 saturated carbocycles. The van der Waals surface area contributed by atoms with E-state index in [0.717, 1.165) is 29.5 Å². The first-order valence-electron chi connectivity index (χ1n) is 7.58. The standard InChI is InChI=1S/C15H20ClFN2O4S/c1-24(21,22)19(11-4-5-14(17)13(16)9-11)7-6-15(20)18-10-12-3-2-8-23-12/h4-5,9,12H,2-3,6-8,10H2,1H3,(H,18,20). The van der Waals surface area contributed by atoms with Crippen molar-refractivity contribution in [3.8, 4) is 0 Å². The minimum atomic E-state index is -3.63. The van der Waals surface area contributed by atoms with Gasteiger partial charge in [0.2, 0.25) is 15.9 Å². The number of hydrogen-bond donors (Lipinski definition) is 1. The number of carbonyl (C=O) groups excluding carboxylic acids is 1. The molecule has 1 aliphatic heterocycles. The summed E-state index contributed by atoms with van der Waals surface area (Å²) in [6, 6.07) is 3.63. The molecule has 0 spiro atoms. The fourth-order valence-corrected chi connectivity index (χ4v) is 3.55. The minimum Gasteiger partial charge on any atom is -0.376 e. The highest BCUT2D eigenvalue weighted by atomic mass is 35.5. The van der Waals surface area contributed by atoms with Crippen LogP contribution in [0, 0.1) is 5.82 Å². The van der Waals surface area contributed by atoms with Crippen molar-refractivity contribution in [2.24, 2.45) is 0 Å². The van der Waals surface area contributed by atoms with Crippen LogP contribution in [0.3, 0.4) is 0 Å². The predicted molar refractivity (Wildman–Crippen MR) is 90.2 cm³/mol. The fraction of sp³-hybridized carbons (Fsp3) is 0.533. The summed E-state index contributed by atoms with van der Waals surface area (Å²) in [6.45, 7) is 1.06. The van der Waals surface area contributed by atoms with Crippen molar-refractivity contribution in [1.29, 1.82) is 0 Å². The van der Waals surface area contributed by atoms with Gasteiger partial charge in [0.1, 0.15) is 5.82 Å². The lowest BCUT2D eigenvalue weighted by Crippen LogP contribution is -2.36. The van der Waals surface area contributed by atoms with Crippen LogP contribution in [0.1, 0.15) is 19.3 Å². The topological polar surface area (TPSA) is 75.7 Å². The van der Waals surface area contributed by atoms with E-state index in [1.165, 1.54) is 12.1 Å². The maximum Gasteiger partial charge on any atom is 0.232 e. The van der Waals surface area contributed by atoms with Gasteiger partial charge in [0.25, 0.3) is 0 Å². The molecule has 0 aliphatic carbocycles. The van der Waals surface area contributed by atoms with Gasteiger partial charge in [0.15, 0.2) is 0 Å². The van der Waals surface area contributed by atoms with Crippen molar-refractivity contribution in [3.63, 3.8) is 0 Å². The maximum atomic E-state index is 13.2. The molecular formula is C15H20ClFN2O4S. The molecule has 1 heterocycles. The van der Waals surface area contributed by atoms with Crippen LogP contribution in [0.25, 0.3) is 0 Å². The summed E-state index contributed by atoms with van der Waals surface area (Å²) in [5.74, 6) is -0.907. The van der Waals surface area contributed by atoms with E-state index in [2.05, 4.69) is 5.32 Å². The van der Waals surface area contributed by atoms with E-state index in [-0.39, 0.29) is 35.7 Å². The molecule has 134 valence electrons. The normalized spacial score (nSPS) is 17.7. The van der Waals surface area contributed by atoms with Crippen molar-refractivity contribution in [2.75, 3.05) is 30.3 Å². The van der Waals surface area contributed by atoms with Crippen molar-refractivity contribution in [1.82, 2.24) is 5.32 Å². The van der Waals surface area contributed by atoms with Crippen LogP contribution in [0.2, 0.25) is 5.02 Å². The first-order valence-corrected chi connectivity index (χ1v) is 9.81. The van der Waals surface area contributed by atoms with Gasteiger partial charge in [-0.25, -0.2) is 12.8 Å². The Labute approximate surface area is 146 Å². The molecule has 1 saturated heterocycles. The molecule has 6 nitrogen and oxygen atoms in total. The highest BCUT2D eigenvalue weighted by Gasteiger charge is 2.21.